The fourth-order valence-corrected chi connectivity index (χ4v) is 0.321. The second-order valence-corrected chi connectivity index (χ2v) is 1.39. The third-order valence-corrected chi connectivity index (χ3v) is 0.828. The van der Waals surface area contributed by atoms with E-state index >= 15 is 0 Å². The van der Waals surface area contributed by atoms with Gasteiger partial charge < -0.3 is 9.95 Å². The first-order valence-electron chi connectivity index (χ1n) is 2.31. The lowest BCUT2D eigenvalue weighted by atomic mass is 10.2. The predicted octanol–water partition coefficient (Wildman–Crippen LogP) is 0.769. The molecular formula is C5H7NO2. The van der Waals surface area contributed by atoms with Gasteiger partial charge in [-0.15, -0.1) is 0 Å². The fraction of sp³-hybridized carbons (Fsp3) is 0.600. The molecule has 0 radical (unpaired) electrons. The van der Waals surface area contributed by atoms with Gasteiger partial charge in [0.15, 0.2) is 0 Å². The van der Waals surface area contributed by atoms with Crippen molar-refractivity contribution in [1.29, 1.82) is 0 Å². The van der Waals surface area contributed by atoms with Crippen molar-refractivity contribution < 1.29 is 9.90 Å². The zero-order valence-electron chi connectivity index (χ0n) is 4.59. The third kappa shape index (κ3) is 1.61. The van der Waals surface area contributed by atoms with Crippen LogP contribution in [0.5, 0.6) is 0 Å². The molecule has 44 valence electrons. The van der Waals surface area contributed by atoms with E-state index in [-0.39, 0.29) is 0 Å². The summed E-state index contributed by atoms with van der Waals surface area (Å²) in [5, 5.41) is 8.16. The Morgan fingerprint density at radius 2 is 2.50 bits per heavy atom. The lowest BCUT2D eigenvalue weighted by Crippen LogP contribution is -2.13. The number of nitrogens with zero attached hydrogens (tertiary/aromatic N) is 1. The summed E-state index contributed by atoms with van der Waals surface area (Å²) in [6, 6.07) is -0.838. The van der Waals surface area contributed by atoms with E-state index in [0.29, 0.717) is 6.42 Å². The summed E-state index contributed by atoms with van der Waals surface area (Å²) in [7, 11) is 0. The molecule has 0 saturated carbocycles. The van der Waals surface area contributed by atoms with Crippen molar-refractivity contribution in [3.63, 3.8) is 0 Å². The second kappa shape index (κ2) is 3.03. The van der Waals surface area contributed by atoms with Crippen LogP contribution in [0.3, 0.4) is 0 Å². The molecular weight excluding hydrogens is 106 g/mol. The normalized spacial score (nSPS) is 12.0. The monoisotopic (exact) mass is 113 g/mol. The average molecular weight is 113 g/mol. The maximum atomic E-state index is 9.95. The van der Waals surface area contributed by atoms with Crippen LogP contribution in [0.4, 0.5) is 0 Å². The largest absolute Gasteiger partial charge is 0.476 e. The molecule has 3 nitrogen and oxygen atoms in total. The Hall–Kier alpha value is -1.04. The molecule has 0 amide bonds. The van der Waals surface area contributed by atoms with Gasteiger partial charge in [-0.25, -0.2) is 11.4 Å². The highest BCUT2D eigenvalue weighted by Gasteiger charge is 2.17. The molecule has 0 heterocycles. The summed E-state index contributed by atoms with van der Waals surface area (Å²) in [6.07, 6.45) is 0.388. The first-order valence-corrected chi connectivity index (χ1v) is 2.31. The van der Waals surface area contributed by atoms with Crippen molar-refractivity contribution in [1.82, 2.24) is 0 Å². The number of aliphatic carboxylic acids is 1. The Kier molecular flexibility index (Phi) is 2.63. The summed E-state index contributed by atoms with van der Waals surface area (Å²) in [4.78, 5) is 12.8. The van der Waals surface area contributed by atoms with Gasteiger partial charge in [-0.05, 0) is 0 Å². The van der Waals surface area contributed by atoms with Crippen LogP contribution in [-0.4, -0.2) is 17.1 Å². The van der Waals surface area contributed by atoms with E-state index in [0.717, 1.165) is 0 Å². The van der Waals surface area contributed by atoms with Crippen molar-refractivity contribution in [2.75, 3.05) is 0 Å². The number of carboxylic acids is 1. The van der Waals surface area contributed by atoms with Crippen molar-refractivity contribution in [2.24, 2.45) is 0 Å². The Balaban J connectivity index is 3.76. The van der Waals surface area contributed by atoms with Gasteiger partial charge in [0.1, 0.15) is 0 Å². The third-order valence-electron chi connectivity index (χ3n) is 0.828. The van der Waals surface area contributed by atoms with Gasteiger partial charge in [0.2, 0.25) is 0 Å². The highest BCUT2D eigenvalue weighted by molar-refractivity contribution is 5.75. The highest BCUT2D eigenvalue weighted by Crippen LogP contribution is 1.94. The molecule has 0 aliphatic heterocycles. The van der Waals surface area contributed by atoms with Gasteiger partial charge in [-0.2, -0.15) is 0 Å². The standard InChI is InChI=1S/C5H7NO2/c1-3-4(6-2)5(7)8/h4H,3H2,1H3,(H,7,8). The first kappa shape index (κ1) is 6.96. The number of hydrogen-bond acceptors (Lipinski definition) is 1. The molecule has 1 unspecified atom stereocenters. The minimum Gasteiger partial charge on any atom is -0.476 e. The summed E-state index contributed by atoms with van der Waals surface area (Å²) in [6.45, 7) is 8.01. The minimum absolute atomic E-state index is 0.388. The Bertz CT molecular complexity index is 125. The Morgan fingerprint density at radius 3 is 2.50 bits per heavy atom. The summed E-state index contributed by atoms with van der Waals surface area (Å²) >= 11 is 0. The molecule has 0 aliphatic carbocycles. The van der Waals surface area contributed by atoms with Crippen molar-refractivity contribution >= 4 is 5.97 Å². The van der Waals surface area contributed by atoms with E-state index < -0.39 is 12.0 Å². The SMILES string of the molecule is [C-]#[N+]C(CC)C(=O)O. The van der Waals surface area contributed by atoms with Crippen LogP contribution >= 0.6 is 0 Å². The topological polar surface area (TPSA) is 41.7 Å². The molecule has 1 atom stereocenters. The predicted molar refractivity (Wildman–Crippen MR) is 28.3 cm³/mol. The highest BCUT2D eigenvalue weighted by atomic mass is 16.4. The summed E-state index contributed by atoms with van der Waals surface area (Å²) in [5.41, 5.74) is 0. The summed E-state index contributed by atoms with van der Waals surface area (Å²) < 4.78 is 0. The summed E-state index contributed by atoms with van der Waals surface area (Å²) in [5.74, 6) is -1.03. The molecule has 0 aromatic carbocycles. The molecule has 1 N–H and O–H groups in total. The van der Waals surface area contributed by atoms with E-state index in [1.54, 1.807) is 6.92 Å². The van der Waals surface area contributed by atoms with Gasteiger partial charge in [-0.3, -0.25) is 0 Å². The Morgan fingerprint density at radius 1 is 2.00 bits per heavy atom. The molecule has 0 aromatic heterocycles. The van der Waals surface area contributed by atoms with Crippen LogP contribution in [0.2, 0.25) is 0 Å². The quantitative estimate of drug-likeness (QED) is 0.537. The van der Waals surface area contributed by atoms with Crippen LogP contribution in [0, 0.1) is 6.57 Å². The second-order valence-electron chi connectivity index (χ2n) is 1.39. The zero-order valence-corrected chi connectivity index (χ0v) is 4.59. The maximum Gasteiger partial charge on any atom is 0.387 e. The molecule has 0 rings (SSSR count). The molecule has 0 spiro atoms. The Labute approximate surface area is 47.8 Å². The van der Waals surface area contributed by atoms with Crippen molar-refractivity contribution in [3.05, 3.63) is 11.4 Å². The molecule has 0 fully saturated rings. The van der Waals surface area contributed by atoms with Gasteiger partial charge in [0.05, 0.1) is 0 Å². The number of hydrogen-bond donors (Lipinski definition) is 1. The van der Waals surface area contributed by atoms with E-state index in [1.807, 2.05) is 0 Å². The lowest BCUT2D eigenvalue weighted by molar-refractivity contribution is -0.137. The van der Waals surface area contributed by atoms with Gasteiger partial charge in [-0.1, -0.05) is 6.92 Å². The van der Waals surface area contributed by atoms with E-state index in [2.05, 4.69) is 4.85 Å². The van der Waals surface area contributed by atoms with Crippen LogP contribution in [-0.2, 0) is 4.79 Å². The molecule has 0 bridgehead atoms. The van der Waals surface area contributed by atoms with Crippen molar-refractivity contribution in [2.45, 2.75) is 19.4 Å². The smallest absolute Gasteiger partial charge is 0.387 e. The van der Waals surface area contributed by atoms with Crippen LogP contribution in [0.1, 0.15) is 13.3 Å². The van der Waals surface area contributed by atoms with Gasteiger partial charge in [0, 0.05) is 6.42 Å². The number of carboxylic acid groups (broad SMARTS) is 1. The van der Waals surface area contributed by atoms with Gasteiger partial charge >= 0.3 is 12.0 Å². The van der Waals surface area contributed by atoms with Gasteiger partial charge in [0.25, 0.3) is 0 Å². The van der Waals surface area contributed by atoms with E-state index in [9.17, 15) is 4.79 Å². The molecule has 8 heavy (non-hydrogen) atoms. The fourth-order valence-electron chi connectivity index (χ4n) is 0.321. The van der Waals surface area contributed by atoms with Crippen LogP contribution in [0.15, 0.2) is 0 Å². The lowest BCUT2D eigenvalue weighted by Gasteiger charge is -1.90. The van der Waals surface area contributed by atoms with Crippen molar-refractivity contribution in [3.8, 4) is 0 Å². The maximum absolute atomic E-state index is 9.95. The molecule has 0 aliphatic rings. The first-order chi connectivity index (χ1) is 3.72. The zero-order chi connectivity index (χ0) is 6.57. The van der Waals surface area contributed by atoms with Crippen LogP contribution < -0.4 is 0 Å². The molecule has 0 aromatic rings. The average Bonchev–Trinajstić information content (AvgIpc) is 1.69. The molecule has 3 heteroatoms. The van der Waals surface area contributed by atoms with E-state index in [1.165, 1.54) is 0 Å². The van der Waals surface area contributed by atoms with Crippen LogP contribution in [0.25, 0.3) is 4.85 Å². The molecule has 0 saturated heterocycles. The van der Waals surface area contributed by atoms with E-state index in [4.69, 9.17) is 11.7 Å². The number of carbonyl (C=O) groups is 1. The minimum atomic E-state index is -1.03. The number of rotatable bonds is 2.